The Kier molecular flexibility index (Phi) is 4.07. The maximum atomic E-state index is 4.62. The van der Waals surface area contributed by atoms with E-state index in [4.69, 9.17) is 0 Å². The van der Waals surface area contributed by atoms with E-state index in [2.05, 4.69) is 38.5 Å². The van der Waals surface area contributed by atoms with Crippen molar-refractivity contribution in [3.8, 4) is 0 Å². The molecule has 0 radical (unpaired) electrons. The average Bonchev–Trinajstić information content (AvgIpc) is 3.07. The van der Waals surface area contributed by atoms with Crippen LogP contribution in [0.3, 0.4) is 0 Å². The van der Waals surface area contributed by atoms with Crippen molar-refractivity contribution >= 4 is 39.3 Å². The number of aryl methyl sites for hydroxylation is 1. The summed E-state index contributed by atoms with van der Waals surface area (Å²) < 4.78 is 1.96. The van der Waals surface area contributed by atoms with Crippen molar-refractivity contribution in [1.29, 1.82) is 0 Å². The molecule has 110 valence electrons. The topological polar surface area (TPSA) is 68.5 Å². The third kappa shape index (κ3) is 2.86. The number of nitrogens with one attached hydrogen (secondary N) is 1. The van der Waals surface area contributed by atoms with Crippen LogP contribution in [0.4, 0.5) is 5.95 Å². The smallest absolute Gasteiger partial charge is 0.225 e. The van der Waals surface area contributed by atoms with Crippen LogP contribution < -0.4 is 5.32 Å². The Morgan fingerprint density at radius 3 is 2.90 bits per heavy atom. The van der Waals surface area contributed by atoms with Gasteiger partial charge in [-0.2, -0.15) is 0 Å². The molecule has 0 aromatic carbocycles. The van der Waals surface area contributed by atoms with Gasteiger partial charge in [0.2, 0.25) is 5.95 Å². The summed E-state index contributed by atoms with van der Waals surface area (Å²) in [5.74, 6) is 1.56. The standard InChI is InChI=1S/C13H16N6S2/c1-4-6-14-12-15-10-9(5-7-20-10)11(16-12)21-13-18-17-8(2)19(13)3/h5,7H,4,6H2,1-3H3,(H,14,15,16). The van der Waals surface area contributed by atoms with Gasteiger partial charge in [-0.1, -0.05) is 6.92 Å². The first kappa shape index (κ1) is 14.3. The highest BCUT2D eigenvalue weighted by molar-refractivity contribution is 7.99. The second-order valence-electron chi connectivity index (χ2n) is 4.61. The van der Waals surface area contributed by atoms with Crippen molar-refractivity contribution in [2.24, 2.45) is 7.05 Å². The predicted octanol–water partition coefficient (Wildman–Crippen LogP) is 3.10. The third-order valence-electron chi connectivity index (χ3n) is 3.06. The van der Waals surface area contributed by atoms with Crippen molar-refractivity contribution < 1.29 is 0 Å². The molecule has 1 N–H and O–H groups in total. The van der Waals surface area contributed by atoms with Crippen molar-refractivity contribution in [1.82, 2.24) is 24.7 Å². The fourth-order valence-corrected chi connectivity index (χ4v) is 3.54. The SMILES string of the molecule is CCCNc1nc(Sc2nnc(C)n2C)c2ccsc2n1. The van der Waals surface area contributed by atoms with E-state index in [0.717, 1.165) is 39.2 Å². The average molecular weight is 320 g/mol. The minimum Gasteiger partial charge on any atom is -0.354 e. The van der Waals surface area contributed by atoms with Gasteiger partial charge in [0.1, 0.15) is 15.7 Å². The fourth-order valence-electron chi connectivity index (χ4n) is 1.78. The molecule has 3 aromatic heterocycles. The number of rotatable bonds is 5. The van der Waals surface area contributed by atoms with Gasteiger partial charge in [0.15, 0.2) is 5.16 Å². The molecule has 0 aliphatic heterocycles. The Hall–Kier alpha value is -1.67. The van der Waals surface area contributed by atoms with E-state index in [-0.39, 0.29) is 0 Å². The lowest BCUT2D eigenvalue weighted by molar-refractivity contribution is 0.765. The maximum absolute atomic E-state index is 4.62. The van der Waals surface area contributed by atoms with Crippen LogP contribution >= 0.6 is 23.1 Å². The zero-order valence-corrected chi connectivity index (χ0v) is 13.8. The van der Waals surface area contributed by atoms with Gasteiger partial charge < -0.3 is 9.88 Å². The van der Waals surface area contributed by atoms with Crippen LogP contribution in [-0.2, 0) is 7.05 Å². The molecule has 0 aliphatic rings. The first-order chi connectivity index (χ1) is 10.2. The number of aromatic nitrogens is 5. The van der Waals surface area contributed by atoms with Crippen molar-refractivity contribution in [3.05, 3.63) is 17.3 Å². The summed E-state index contributed by atoms with van der Waals surface area (Å²) in [7, 11) is 1.96. The summed E-state index contributed by atoms with van der Waals surface area (Å²) in [5.41, 5.74) is 0. The van der Waals surface area contributed by atoms with Crippen LogP contribution in [0, 0.1) is 6.92 Å². The molecule has 0 fully saturated rings. The Bertz CT molecular complexity index is 763. The predicted molar refractivity (Wildman–Crippen MR) is 86.1 cm³/mol. The molecule has 6 nitrogen and oxygen atoms in total. The van der Waals surface area contributed by atoms with Crippen LogP contribution in [0.5, 0.6) is 0 Å². The van der Waals surface area contributed by atoms with Crippen LogP contribution in [-0.4, -0.2) is 31.3 Å². The molecule has 0 amide bonds. The van der Waals surface area contributed by atoms with E-state index in [0.29, 0.717) is 5.95 Å². The quantitative estimate of drug-likeness (QED) is 0.729. The summed E-state index contributed by atoms with van der Waals surface area (Å²) in [6.07, 6.45) is 1.04. The Labute approximate surface area is 131 Å². The zero-order valence-electron chi connectivity index (χ0n) is 12.1. The number of anilines is 1. The van der Waals surface area contributed by atoms with Crippen molar-refractivity contribution in [3.63, 3.8) is 0 Å². The van der Waals surface area contributed by atoms with E-state index in [1.54, 1.807) is 11.3 Å². The van der Waals surface area contributed by atoms with Gasteiger partial charge in [-0.25, -0.2) is 9.97 Å². The van der Waals surface area contributed by atoms with Gasteiger partial charge in [-0.05, 0) is 36.6 Å². The number of hydrogen-bond donors (Lipinski definition) is 1. The van der Waals surface area contributed by atoms with Crippen LogP contribution in [0.15, 0.2) is 21.6 Å². The lowest BCUT2D eigenvalue weighted by atomic mass is 10.4. The number of nitrogens with zero attached hydrogens (tertiary/aromatic N) is 5. The molecule has 0 spiro atoms. The molecule has 0 atom stereocenters. The van der Waals surface area contributed by atoms with E-state index in [1.165, 1.54) is 11.8 Å². The van der Waals surface area contributed by atoms with Crippen LogP contribution in [0.2, 0.25) is 0 Å². The summed E-state index contributed by atoms with van der Waals surface area (Å²) >= 11 is 3.14. The van der Waals surface area contributed by atoms with Crippen molar-refractivity contribution in [2.75, 3.05) is 11.9 Å². The fraction of sp³-hybridized carbons (Fsp3) is 0.385. The zero-order chi connectivity index (χ0) is 14.8. The van der Waals surface area contributed by atoms with Gasteiger partial charge in [-0.3, -0.25) is 0 Å². The molecule has 0 saturated carbocycles. The van der Waals surface area contributed by atoms with Crippen molar-refractivity contribution in [2.45, 2.75) is 30.5 Å². The van der Waals surface area contributed by atoms with Gasteiger partial charge >= 0.3 is 0 Å². The molecule has 3 heterocycles. The summed E-state index contributed by atoms with van der Waals surface area (Å²) in [6, 6.07) is 2.05. The highest BCUT2D eigenvalue weighted by Crippen LogP contribution is 2.33. The second kappa shape index (κ2) is 5.98. The number of fused-ring (bicyclic) bond motifs is 1. The molecule has 3 rings (SSSR count). The minimum atomic E-state index is 0.674. The summed E-state index contributed by atoms with van der Waals surface area (Å²) in [6.45, 7) is 4.92. The first-order valence-electron chi connectivity index (χ1n) is 6.72. The largest absolute Gasteiger partial charge is 0.354 e. The normalized spacial score (nSPS) is 11.2. The highest BCUT2D eigenvalue weighted by atomic mass is 32.2. The van der Waals surface area contributed by atoms with E-state index < -0.39 is 0 Å². The highest BCUT2D eigenvalue weighted by Gasteiger charge is 2.14. The lowest BCUT2D eigenvalue weighted by Gasteiger charge is -2.07. The minimum absolute atomic E-state index is 0.674. The molecule has 0 bridgehead atoms. The Morgan fingerprint density at radius 2 is 2.19 bits per heavy atom. The maximum Gasteiger partial charge on any atom is 0.225 e. The molecular weight excluding hydrogens is 304 g/mol. The number of thiophene rings is 1. The molecular formula is C13H16N6S2. The van der Waals surface area contributed by atoms with Gasteiger partial charge in [0, 0.05) is 19.0 Å². The molecule has 0 saturated heterocycles. The molecule has 0 aliphatic carbocycles. The monoisotopic (exact) mass is 320 g/mol. The van der Waals surface area contributed by atoms with Gasteiger partial charge in [0.05, 0.1) is 0 Å². The van der Waals surface area contributed by atoms with E-state index in [1.807, 2.05) is 23.9 Å². The van der Waals surface area contributed by atoms with Crippen LogP contribution in [0.25, 0.3) is 10.2 Å². The van der Waals surface area contributed by atoms with E-state index >= 15 is 0 Å². The third-order valence-corrected chi connectivity index (χ3v) is 4.91. The van der Waals surface area contributed by atoms with Gasteiger partial charge in [-0.15, -0.1) is 21.5 Å². The van der Waals surface area contributed by atoms with E-state index in [9.17, 15) is 0 Å². The molecule has 8 heteroatoms. The molecule has 3 aromatic rings. The molecule has 0 unspecified atom stereocenters. The number of hydrogen-bond acceptors (Lipinski definition) is 7. The summed E-state index contributed by atoms with van der Waals surface area (Å²) in [5, 5.41) is 16.4. The lowest BCUT2D eigenvalue weighted by Crippen LogP contribution is -2.04. The second-order valence-corrected chi connectivity index (χ2v) is 6.46. The Balaban J connectivity index is 1.99. The van der Waals surface area contributed by atoms with Gasteiger partial charge in [0.25, 0.3) is 0 Å². The summed E-state index contributed by atoms with van der Waals surface area (Å²) in [4.78, 5) is 10.2. The molecule has 21 heavy (non-hydrogen) atoms. The first-order valence-corrected chi connectivity index (χ1v) is 8.41. The van der Waals surface area contributed by atoms with Crippen LogP contribution in [0.1, 0.15) is 19.2 Å². The Morgan fingerprint density at radius 1 is 1.33 bits per heavy atom.